The van der Waals surface area contributed by atoms with Gasteiger partial charge in [-0.25, -0.2) is 19.6 Å². The number of alkyl carbamates (subject to hydrolysis) is 1. The second-order valence-corrected chi connectivity index (χ2v) is 12.6. The van der Waals surface area contributed by atoms with Crippen LogP contribution in [0.4, 0.5) is 14.1 Å². The number of amides is 4. The van der Waals surface area contributed by atoms with E-state index in [1.165, 1.54) is 12.0 Å². The van der Waals surface area contributed by atoms with Crippen molar-refractivity contribution in [3.8, 4) is 28.1 Å². The Bertz CT molecular complexity index is 2170. The average Bonchev–Trinajstić information content (AvgIpc) is 3.82. The summed E-state index contributed by atoms with van der Waals surface area (Å²) >= 11 is 0. The van der Waals surface area contributed by atoms with Gasteiger partial charge < -0.3 is 39.3 Å². The van der Waals surface area contributed by atoms with Crippen LogP contribution >= 0.6 is 0 Å². The number of H-pyrrole nitrogens is 2. The lowest BCUT2D eigenvalue weighted by Gasteiger charge is -2.22. The summed E-state index contributed by atoms with van der Waals surface area (Å²) < 4.78 is 29.2. The largest absolute Gasteiger partial charge is 0.488 e. The topological polar surface area (TPSA) is 175 Å². The first-order chi connectivity index (χ1) is 25.6. The van der Waals surface area contributed by atoms with Crippen LogP contribution in [-0.4, -0.2) is 99.3 Å². The summed E-state index contributed by atoms with van der Waals surface area (Å²) in [4.78, 5) is 67.5. The van der Waals surface area contributed by atoms with E-state index in [9.17, 15) is 23.7 Å². The maximum Gasteiger partial charge on any atom is 0.438 e. The van der Waals surface area contributed by atoms with Gasteiger partial charge in [0.1, 0.15) is 37.1 Å². The molecule has 4 amide bonds. The molecule has 2 aromatic heterocycles. The van der Waals surface area contributed by atoms with E-state index in [4.69, 9.17) is 9.72 Å². The summed E-state index contributed by atoms with van der Waals surface area (Å²) in [6.45, 7) is 4.53. The molecule has 1 aliphatic heterocycles. The Balaban J connectivity index is 1.20. The molecule has 0 radical (unpaired) electrons. The molecule has 0 saturated carbocycles. The number of imidazole rings is 2. The van der Waals surface area contributed by atoms with Gasteiger partial charge in [-0.3, -0.25) is 9.59 Å². The van der Waals surface area contributed by atoms with E-state index >= 15 is 0 Å². The van der Waals surface area contributed by atoms with Gasteiger partial charge in [-0.1, -0.05) is 36.5 Å². The molecule has 0 aliphatic carbocycles. The monoisotopic (exact) mass is 728 g/mol. The number of halogens is 1. The van der Waals surface area contributed by atoms with Gasteiger partial charge in [-0.2, -0.15) is 0 Å². The molecule has 0 unspecified atom stereocenters. The predicted molar refractivity (Wildman–Crippen MR) is 193 cm³/mol. The number of aromatic nitrogens is 4. The second kappa shape index (κ2) is 16.0. The first-order valence-corrected chi connectivity index (χ1v) is 17.3. The minimum atomic E-state index is -1.24. The molecule has 0 saturated heterocycles. The van der Waals surface area contributed by atoms with Gasteiger partial charge >= 0.3 is 12.2 Å². The number of carbonyl (C=O) groups is 4. The van der Waals surface area contributed by atoms with E-state index in [1.54, 1.807) is 11.1 Å². The Labute approximate surface area is 304 Å². The van der Waals surface area contributed by atoms with Crippen LogP contribution in [0.15, 0.2) is 48.7 Å². The van der Waals surface area contributed by atoms with E-state index in [1.807, 2.05) is 38.1 Å². The maximum absolute atomic E-state index is 14.0. The van der Waals surface area contributed by atoms with Crippen LogP contribution in [0.2, 0.25) is 0 Å². The minimum Gasteiger partial charge on any atom is -0.488 e. The molecule has 3 heterocycles. The molecule has 15 nitrogen and oxygen atoms in total. The third-order valence-electron chi connectivity index (χ3n) is 8.93. The van der Waals surface area contributed by atoms with Crippen molar-refractivity contribution in [2.45, 2.75) is 46.4 Å². The molecule has 6 rings (SSSR count). The molecule has 5 aromatic rings. The number of ether oxygens (including phenoxy) is 3. The van der Waals surface area contributed by atoms with Crippen molar-refractivity contribution < 1.29 is 37.9 Å². The number of hydrogen-bond acceptors (Lipinski definition) is 9. The van der Waals surface area contributed by atoms with E-state index < -0.39 is 24.6 Å². The second-order valence-electron chi connectivity index (χ2n) is 12.6. The Kier molecular flexibility index (Phi) is 11.1. The average molecular weight is 729 g/mol. The molecule has 278 valence electrons. The van der Waals surface area contributed by atoms with Crippen molar-refractivity contribution in [3.63, 3.8) is 0 Å². The van der Waals surface area contributed by atoms with E-state index in [0.29, 0.717) is 43.3 Å². The normalized spacial score (nSPS) is 11.7. The summed E-state index contributed by atoms with van der Waals surface area (Å²) in [6.07, 6.45) is 1.21. The fourth-order valence-corrected chi connectivity index (χ4v) is 6.37. The highest BCUT2D eigenvalue weighted by molar-refractivity contribution is 6.07. The van der Waals surface area contributed by atoms with Crippen molar-refractivity contribution in [1.29, 1.82) is 0 Å². The zero-order chi connectivity index (χ0) is 37.6. The molecule has 1 aliphatic rings. The fraction of sp³-hybridized carbons (Fsp3) is 0.351. The third-order valence-corrected chi connectivity index (χ3v) is 8.93. The highest BCUT2D eigenvalue weighted by atomic mass is 19.2. The molecular weight excluding hydrogens is 687 g/mol. The summed E-state index contributed by atoms with van der Waals surface area (Å²) in [5.41, 5.74) is 6.19. The summed E-state index contributed by atoms with van der Waals surface area (Å²) in [7, 11) is 2.29. The van der Waals surface area contributed by atoms with Gasteiger partial charge in [0.2, 0.25) is 11.8 Å². The number of carbonyl (C=O) groups excluding carboxylic acids is 4. The number of fused-ring (bicyclic) bond motifs is 6. The van der Waals surface area contributed by atoms with Crippen LogP contribution in [0.3, 0.4) is 0 Å². The first kappa shape index (κ1) is 36.6. The number of benzene rings is 3. The van der Waals surface area contributed by atoms with Crippen molar-refractivity contribution in [3.05, 3.63) is 65.9 Å². The number of nitrogens with zero attached hydrogens (tertiary/aromatic N) is 5. The quantitative estimate of drug-likeness (QED) is 0.133. The number of nitrogens with one attached hydrogen (secondary N) is 3. The Morgan fingerprint density at radius 2 is 1.66 bits per heavy atom. The molecule has 3 aromatic carbocycles. The van der Waals surface area contributed by atoms with Crippen LogP contribution in [0.1, 0.15) is 43.9 Å². The number of methoxy groups -OCH3 is 2. The number of hydrogen-bond donors (Lipinski definition) is 3. The van der Waals surface area contributed by atoms with Crippen LogP contribution in [0, 0.1) is 0 Å². The van der Waals surface area contributed by atoms with Gasteiger partial charge in [0.05, 0.1) is 50.2 Å². The fourth-order valence-electron chi connectivity index (χ4n) is 6.37. The van der Waals surface area contributed by atoms with Gasteiger partial charge in [0, 0.05) is 24.0 Å². The Morgan fingerprint density at radius 1 is 0.906 bits per heavy atom. The first-order valence-electron chi connectivity index (χ1n) is 17.3. The lowest BCUT2D eigenvalue weighted by Crippen LogP contribution is -2.40. The summed E-state index contributed by atoms with van der Waals surface area (Å²) in [6, 6.07) is 14.1. The van der Waals surface area contributed by atoms with Gasteiger partial charge in [-0.15, -0.1) is 5.12 Å². The molecule has 3 N–H and O–H groups in total. The third kappa shape index (κ3) is 8.00. The molecule has 0 spiro atoms. The van der Waals surface area contributed by atoms with Crippen molar-refractivity contribution in [2.75, 3.05) is 40.4 Å². The standard InChI is InChI=1S/C37H41FN8O7/c1-5-11-44(33(47)17-40-36(49)51-3)18-31-39-16-29(42-31)23-7-9-25-24(13-23)21-53-30-15-26-22(14-27(25)30)8-10-28-35(26)43-32(41-28)19-45(12-6-2)34(48)20-46(38)37(50)52-4/h7-10,13-16H,5-6,11-12,17-21H2,1-4H3,(H,39,42)(H,40,49)(H,41,43). The summed E-state index contributed by atoms with van der Waals surface area (Å²) in [5.74, 6) is 1.05. The SMILES string of the molecule is CCCN(Cc1ncc(-c2ccc3c(c2)COc2cc4c(ccc5[nH]c(CN(CCC)C(=O)CN(F)C(=O)OC)nc54)cc2-3)[nH]1)C(=O)CNC(=O)OC. The molecule has 53 heavy (non-hydrogen) atoms. The van der Waals surface area contributed by atoms with Crippen molar-refractivity contribution in [1.82, 2.24) is 40.2 Å². The highest BCUT2D eigenvalue weighted by Gasteiger charge is 2.24. The van der Waals surface area contributed by atoms with Crippen LogP contribution in [0.25, 0.3) is 44.2 Å². The number of aromatic amines is 2. The maximum atomic E-state index is 14.0. The van der Waals surface area contributed by atoms with Gasteiger partial charge in [0.15, 0.2) is 0 Å². The molecule has 0 fully saturated rings. The smallest absolute Gasteiger partial charge is 0.438 e. The molecule has 0 bridgehead atoms. The predicted octanol–water partition coefficient (Wildman–Crippen LogP) is 5.45. The lowest BCUT2D eigenvalue weighted by atomic mass is 9.92. The van der Waals surface area contributed by atoms with Crippen molar-refractivity contribution in [2.24, 2.45) is 0 Å². The van der Waals surface area contributed by atoms with Crippen molar-refractivity contribution >= 4 is 45.8 Å². The zero-order valence-electron chi connectivity index (χ0n) is 30.0. The van der Waals surface area contributed by atoms with Gasteiger partial charge in [0.25, 0.3) is 0 Å². The zero-order valence-corrected chi connectivity index (χ0v) is 30.0. The van der Waals surface area contributed by atoms with E-state index in [-0.39, 0.29) is 30.7 Å². The van der Waals surface area contributed by atoms with Crippen LogP contribution in [-0.2, 0) is 38.8 Å². The lowest BCUT2D eigenvalue weighted by molar-refractivity contribution is -0.136. The molecular formula is C37H41FN8O7. The van der Waals surface area contributed by atoms with E-state index in [2.05, 4.69) is 47.9 Å². The minimum absolute atomic E-state index is 0.108. The Hall–Kier alpha value is -6.19. The molecule has 16 heteroatoms. The number of rotatable bonds is 13. The van der Waals surface area contributed by atoms with Crippen LogP contribution < -0.4 is 10.1 Å². The van der Waals surface area contributed by atoms with Gasteiger partial charge in [-0.05, 0) is 59.2 Å². The molecule has 0 atom stereocenters. The van der Waals surface area contributed by atoms with E-state index in [0.717, 1.165) is 63.5 Å². The Morgan fingerprint density at radius 3 is 2.40 bits per heavy atom. The summed E-state index contributed by atoms with van der Waals surface area (Å²) in [5, 5.41) is 4.01. The highest BCUT2D eigenvalue weighted by Crippen LogP contribution is 2.42. The van der Waals surface area contributed by atoms with Crippen LogP contribution in [0.5, 0.6) is 5.75 Å².